The summed E-state index contributed by atoms with van der Waals surface area (Å²) >= 11 is 6.08. The standard InChI is InChI=1S/C14H11ClO3/c1-18-14-6-9(8-16)11(7-13(14)17)10-4-2-3-5-12(10)15/h2-8,17H,1H3. The van der Waals surface area contributed by atoms with Crippen molar-refractivity contribution in [3.05, 3.63) is 47.0 Å². The molecule has 92 valence electrons. The number of carbonyl (C=O) groups excluding carboxylic acids is 1. The third kappa shape index (κ3) is 2.17. The number of ether oxygens (including phenoxy) is 1. The molecular weight excluding hydrogens is 252 g/mol. The van der Waals surface area contributed by atoms with Crippen molar-refractivity contribution in [1.82, 2.24) is 0 Å². The topological polar surface area (TPSA) is 46.5 Å². The van der Waals surface area contributed by atoms with Crippen LogP contribution in [0.25, 0.3) is 11.1 Å². The van der Waals surface area contributed by atoms with Gasteiger partial charge in [-0.1, -0.05) is 29.8 Å². The first-order valence-electron chi connectivity index (χ1n) is 5.28. The first kappa shape index (κ1) is 12.5. The third-order valence-electron chi connectivity index (χ3n) is 2.64. The van der Waals surface area contributed by atoms with Crippen molar-refractivity contribution >= 4 is 17.9 Å². The number of methoxy groups -OCH3 is 1. The lowest BCUT2D eigenvalue weighted by atomic mass is 9.99. The molecule has 0 saturated carbocycles. The van der Waals surface area contributed by atoms with Gasteiger partial charge in [-0.25, -0.2) is 0 Å². The van der Waals surface area contributed by atoms with Gasteiger partial charge in [0.15, 0.2) is 17.8 Å². The molecule has 0 aliphatic rings. The summed E-state index contributed by atoms with van der Waals surface area (Å²) in [4.78, 5) is 11.1. The van der Waals surface area contributed by atoms with Gasteiger partial charge in [-0.15, -0.1) is 0 Å². The molecule has 0 aromatic heterocycles. The van der Waals surface area contributed by atoms with E-state index in [0.29, 0.717) is 28.0 Å². The fourth-order valence-electron chi connectivity index (χ4n) is 1.76. The van der Waals surface area contributed by atoms with Crippen LogP contribution in [0.5, 0.6) is 11.5 Å². The van der Waals surface area contributed by atoms with Gasteiger partial charge in [0.2, 0.25) is 0 Å². The predicted molar refractivity (Wildman–Crippen MR) is 70.5 cm³/mol. The number of aldehydes is 1. The Kier molecular flexibility index (Phi) is 3.53. The summed E-state index contributed by atoms with van der Waals surface area (Å²) < 4.78 is 4.97. The summed E-state index contributed by atoms with van der Waals surface area (Å²) in [6.45, 7) is 0. The molecule has 0 amide bonds. The molecule has 0 spiro atoms. The number of phenolic OH excluding ortho intramolecular Hbond substituents is 1. The molecule has 2 rings (SSSR count). The highest BCUT2D eigenvalue weighted by Gasteiger charge is 2.12. The van der Waals surface area contributed by atoms with Crippen molar-refractivity contribution in [2.75, 3.05) is 7.11 Å². The molecule has 0 bridgehead atoms. The molecular formula is C14H11ClO3. The first-order valence-corrected chi connectivity index (χ1v) is 5.66. The van der Waals surface area contributed by atoms with Crippen molar-refractivity contribution in [3.8, 4) is 22.6 Å². The van der Waals surface area contributed by atoms with E-state index in [1.165, 1.54) is 19.2 Å². The minimum absolute atomic E-state index is 0.0296. The van der Waals surface area contributed by atoms with E-state index in [0.717, 1.165) is 0 Å². The average Bonchev–Trinajstić information content (AvgIpc) is 2.39. The highest BCUT2D eigenvalue weighted by molar-refractivity contribution is 6.33. The Morgan fingerprint density at radius 1 is 1.22 bits per heavy atom. The summed E-state index contributed by atoms with van der Waals surface area (Å²) in [6, 6.07) is 10.1. The van der Waals surface area contributed by atoms with Gasteiger partial charge in [-0.3, -0.25) is 4.79 Å². The molecule has 18 heavy (non-hydrogen) atoms. The second kappa shape index (κ2) is 5.10. The normalized spacial score (nSPS) is 10.1. The third-order valence-corrected chi connectivity index (χ3v) is 2.97. The fourth-order valence-corrected chi connectivity index (χ4v) is 2.00. The van der Waals surface area contributed by atoms with Crippen LogP contribution in [0.3, 0.4) is 0 Å². The molecule has 3 nitrogen and oxygen atoms in total. The van der Waals surface area contributed by atoms with E-state index in [1.54, 1.807) is 18.2 Å². The number of hydrogen-bond donors (Lipinski definition) is 1. The van der Waals surface area contributed by atoms with Crippen molar-refractivity contribution < 1.29 is 14.6 Å². The van der Waals surface area contributed by atoms with E-state index in [4.69, 9.17) is 16.3 Å². The van der Waals surface area contributed by atoms with Crippen molar-refractivity contribution in [1.29, 1.82) is 0 Å². The summed E-state index contributed by atoms with van der Waals surface area (Å²) in [5, 5.41) is 10.3. The van der Waals surface area contributed by atoms with Crippen LogP contribution in [0, 0.1) is 0 Å². The molecule has 0 unspecified atom stereocenters. The van der Waals surface area contributed by atoms with Crippen LogP contribution in [-0.4, -0.2) is 18.5 Å². The fraction of sp³-hybridized carbons (Fsp3) is 0.0714. The van der Waals surface area contributed by atoms with Crippen LogP contribution in [0.4, 0.5) is 0 Å². The van der Waals surface area contributed by atoms with Gasteiger partial charge in [0.25, 0.3) is 0 Å². The zero-order chi connectivity index (χ0) is 13.1. The highest BCUT2D eigenvalue weighted by atomic mass is 35.5. The summed E-state index contributed by atoms with van der Waals surface area (Å²) in [7, 11) is 1.43. The van der Waals surface area contributed by atoms with Gasteiger partial charge < -0.3 is 9.84 Å². The highest BCUT2D eigenvalue weighted by Crippen LogP contribution is 2.36. The predicted octanol–water partition coefficient (Wildman–Crippen LogP) is 3.53. The summed E-state index contributed by atoms with van der Waals surface area (Å²) in [5.41, 5.74) is 1.69. The molecule has 0 heterocycles. The number of phenols is 1. The maximum absolute atomic E-state index is 11.1. The Morgan fingerprint density at radius 2 is 1.94 bits per heavy atom. The van der Waals surface area contributed by atoms with E-state index in [9.17, 15) is 9.90 Å². The molecule has 1 N–H and O–H groups in total. The van der Waals surface area contributed by atoms with Gasteiger partial charge in [0, 0.05) is 16.1 Å². The number of aromatic hydroxyl groups is 1. The minimum atomic E-state index is -0.0296. The lowest BCUT2D eigenvalue weighted by Crippen LogP contribution is -1.92. The average molecular weight is 263 g/mol. The molecule has 0 radical (unpaired) electrons. The Balaban J connectivity index is 2.68. The Morgan fingerprint density at radius 3 is 2.56 bits per heavy atom. The van der Waals surface area contributed by atoms with Gasteiger partial charge in [0.05, 0.1) is 7.11 Å². The SMILES string of the molecule is COc1cc(C=O)c(-c2ccccc2Cl)cc1O. The molecule has 0 aliphatic heterocycles. The van der Waals surface area contributed by atoms with E-state index < -0.39 is 0 Å². The first-order chi connectivity index (χ1) is 8.67. The molecule has 2 aromatic carbocycles. The monoisotopic (exact) mass is 262 g/mol. The van der Waals surface area contributed by atoms with E-state index in [-0.39, 0.29) is 11.5 Å². The van der Waals surface area contributed by atoms with Crippen LogP contribution in [0.15, 0.2) is 36.4 Å². The molecule has 0 saturated heterocycles. The van der Waals surface area contributed by atoms with Crippen LogP contribution in [-0.2, 0) is 0 Å². The summed E-state index contributed by atoms with van der Waals surface area (Å²) in [6.07, 6.45) is 0.709. The molecule has 0 fully saturated rings. The largest absolute Gasteiger partial charge is 0.504 e. The maximum Gasteiger partial charge on any atom is 0.161 e. The quantitative estimate of drug-likeness (QED) is 0.861. The molecule has 2 aromatic rings. The Hall–Kier alpha value is -2.00. The Labute approximate surface area is 110 Å². The Bertz CT molecular complexity index is 594. The van der Waals surface area contributed by atoms with Crippen LogP contribution < -0.4 is 4.74 Å². The van der Waals surface area contributed by atoms with Gasteiger partial charge in [-0.05, 0) is 23.8 Å². The molecule has 0 atom stereocenters. The van der Waals surface area contributed by atoms with Gasteiger partial charge in [0.1, 0.15) is 0 Å². The van der Waals surface area contributed by atoms with Crippen LogP contribution in [0.1, 0.15) is 10.4 Å². The van der Waals surface area contributed by atoms with E-state index >= 15 is 0 Å². The lowest BCUT2D eigenvalue weighted by molar-refractivity contribution is 0.112. The van der Waals surface area contributed by atoms with E-state index in [2.05, 4.69) is 0 Å². The zero-order valence-electron chi connectivity index (χ0n) is 9.68. The van der Waals surface area contributed by atoms with Crippen molar-refractivity contribution in [2.45, 2.75) is 0 Å². The van der Waals surface area contributed by atoms with E-state index in [1.807, 2.05) is 6.07 Å². The van der Waals surface area contributed by atoms with Crippen molar-refractivity contribution in [3.63, 3.8) is 0 Å². The zero-order valence-corrected chi connectivity index (χ0v) is 10.4. The molecule has 4 heteroatoms. The number of benzene rings is 2. The van der Waals surface area contributed by atoms with Gasteiger partial charge in [-0.2, -0.15) is 0 Å². The smallest absolute Gasteiger partial charge is 0.161 e. The number of rotatable bonds is 3. The molecule has 0 aliphatic carbocycles. The van der Waals surface area contributed by atoms with Crippen molar-refractivity contribution in [2.24, 2.45) is 0 Å². The second-order valence-corrected chi connectivity index (χ2v) is 4.12. The minimum Gasteiger partial charge on any atom is -0.504 e. The maximum atomic E-state index is 11.1. The number of halogens is 1. The van der Waals surface area contributed by atoms with Gasteiger partial charge >= 0.3 is 0 Å². The van der Waals surface area contributed by atoms with Crippen LogP contribution >= 0.6 is 11.6 Å². The number of hydrogen-bond acceptors (Lipinski definition) is 3. The summed E-state index contributed by atoms with van der Waals surface area (Å²) in [5.74, 6) is 0.228. The second-order valence-electron chi connectivity index (χ2n) is 3.71. The van der Waals surface area contributed by atoms with Crippen LogP contribution in [0.2, 0.25) is 5.02 Å². The number of carbonyl (C=O) groups is 1. The lowest BCUT2D eigenvalue weighted by Gasteiger charge is -2.10.